The Morgan fingerprint density at radius 2 is 2.00 bits per heavy atom. The van der Waals surface area contributed by atoms with Gasteiger partial charge in [0.2, 0.25) is 0 Å². The minimum absolute atomic E-state index is 0.0725. The van der Waals surface area contributed by atoms with Gasteiger partial charge in [0.25, 0.3) is 5.91 Å². The third-order valence-electron chi connectivity index (χ3n) is 3.82. The lowest BCUT2D eigenvalue weighted by molar-refractivity contribution is 0.0721. The maximum Gasteiger partial charge on any atom is 0.258 e. The molecule has 1 saturated heterocycles. The van der Waals surface area contributed by atoms with E-state index in [2.05, 4.69) is 0 Å². The highest BCUT2D eigenvalue weighted by molar-refractivity contribution is 7.92. The van der Waals surface area contributed by atoms with Gasteiger partial charge in [-0.2, -0.15) is 0 Å². The van der Waals surface area contributed by atoms with Gasteiger partial charge < -0.3 is 4.90 Å². The van der Waals surface area contributed by atoms with Crippen molar-refractivity contribution in [2.75, 3.05) is 18.8 Å². The van der Waals surface area contributed by atoms with Gasteiger partial charge in [0.15, 0.2) is 9.84 Å². The van der Waals surface area contributed by atoms with Crippen LogP contribution < -0.4 is 0 Å². The Bertz CT molecular complexity index is 619. The first kappa shape index (κ1) is 16.2. The lowest BCUT2D eigenvalue weighted by Gasteiger charge is -2.31. The van der Waals surface area contributed by atoms with Crippen molar-refractivity contribution in [2.24, 2.45) is 0 Å². The normalized spacial score (nSPS) is 17.0. The smallest absolute Gasteiger partial charge is 0.258 e. The van der Waals surface area contributed by atoms with Crippen LogP contribution in [0.4, 0.5) is 4.39 Å². The van der Waals surface area contributed by atoms with E-state index < -0.39 is 26.8 Å². The van der Waals surface area contributed by atoms with E-state index in [0.717, 1.165) is 0 Å². The van der Waals surface area contributed by atoms with Crippen molar-refractivity contribution in [3.05, 3.63) is 34.6 Å². The summed E-state index contributed by atoms with van der Waals surface area (Å²) in [5.74, 6) is -1.04. The number of sulfone groups is 1. The highest BCUT2D eigenvalue weighted by Gasteiger charge is 2.31. The molecule has 1 aliphatic rings. The SMILES string of the molecule is CCS(=O)(=O)C1CCN(C(=O)c2c(F)cccc2Cl)CC1. The van der Waals surface area contributed by atoms with Gasteiger partial charge in [-0.3, -0.25) is 4.79 Å². The largest absolute Gasteiger partial charge is 0.338 e. The predicted octanol–water partition coefficient (Wildman–Crippen LogP) is 2.52. The van der Waals surface area contributed by atoms with Crippen molar-refractivity contribution in [1.29, 1.82) is 0 Å². The van der Waals surface area contributed by atoms with Crippen LogP contribution in [-0.2, 0) is 9.84 Å². The summed E-state index contributed by atoms with van der Waals surface area (Å²) in [6.45, 7) is 2.22. The minimum Gasteiger partial charge on any atom is -0.338 e. The Morgan fingerprint density at radius 1 is 1.38 bits per heavy atom. The topological polar surface area (TPSA) is 54.5 Å². The fourth-order valence-corrected chi connectivity index (χ4v) is 4.16. The first-order valence-corrected chi connectivity index (χ1v) is 8.91. The average Bonchev–Trinajstić information content (AvgIpc) is 2.47. The number of hydrogen-bond donors (Lipinski definition) is 0. The van der Waals surface area contributed by atoms with Gasteiger partial charge in [-0.25, -0.2) is 12.8 Å². The summed E-state index contributed by atoms with van der Waals surface area (Å²) in [4.78, 5) is 13.8. The molecule has 2 rings (SSSR count). The molecule has 1 aliphatic heterocycles. The molecule has 7 heteroatoms. The van der Waals surface area contributed by atoms with Crippen molar-refractivity contribution in [3.63, 3.8) is 0 Å². The van der Waals surface area contributed by atoms with Crippen LogP contribution in [0.5, 0.6) is 0 Å². The van der Waals surface area contributed by atoms with Crippen LogP contribution in [-0.4, -0.2) is 43.3 Å². The maximum atomic E-state index is 13.7. The minimum atomic E-state index is -3.09. The van der Waals surface area contributed by atoms with Gasteiger partial charge in [-0.1, -0.05) is 24.6 Å². The molecule has 1 fully saturated rings. The standard InChI is InChI=1S/C14H17ClFNO3S/c1-2-21(19,20)10-6-8-17(9-7-10)14(18)13-11(15)4-3-5-12(13)16/h3-5,10H,2,6-9H2,1H3. The van der Waals surface area contributed by atoms with Crippen molar-refractivity contribution in [1.82, 2.24) is 4.90 Å². The summed E-state index contributed by atoms with van der Waals surface area (Å²) < 4.78 is 37.4. The van der Waals surface area contributed by atoms with Crippen molar-refractivity contribution >= 4 is 27.3 Å². The molecule has 0 aliphatic carbocycles. The summed E-state index contributed by atoms with van der Waals surface area (Å²) in [6.07, 6.45) is 0.766. The van der Waals surface area contributed by atoms with Crippen LogP contribution in [0, 0.1) is 5.82 Å². The number of carbonyl (C=O) groups excluding carboxylic acids is 1. The highest BCUT2D eigenvalue weighted by atomic mass is 35.5. The van der Waals surface area contributed by atoms with E-state index >= 15 is 0 Å². The fraction of sp³-hybridized carbons (Fsp3) is 0.500. The summed E-state index contributed by atoms with van der Waals surface area (Å²) in [5.41, 5.74) is -0.143. The van der Waals surface area contributed by atoms with Gasteiger partial charge in [0.05, 0.1) is 15.8 Å². The third kappa shape index (κ3) is 3.37. The molecule has 0 atom stereocenters. The molecule has 0 saturated carbocycles. The van der Waals surface area contributed by atoms with Gasteiger partial charge in [-0.15, -0.1) is 0 Å². The van der Waals surface area contributed by atoms with Gasteiger partial charge in [0, 0.05) is 18.8 Å². The molecular formula is C14H17ClFNO3S. The summed E-state index contributed by atoms with van der Waals surface area (Å²) >= 11 is 5.88. The molecule has 1 amide bonds. The number of likely N-dealkylation sites (tertiary alicyclic amines) is 1. The number of rotatable bonds is 3. The van der Waals surface area contributed by atoms with Crippen LogP contribution in [0.3, 0.4) is 0 Å². The molecule has 0 bridgehead atoms. The number of piperidine rings is 1. The zero-order valence-corrected chi connectivity index (χ0v) is 13.3. The van der Waals surface area contributed by atoms with E-state index in [9.17, 15) is 17.6 Å². The Labute approximate surface area is 128 Å². The van der Waals surface area contributed by atoms with Gasteiger partial charge >= 0.3 is 0 Å². The fourth-order valence-electron chi connectivity index (χ4n) is 2.51. The first-order valence-electron chi connectivity index (χ1n) is 6.81. The average molecular weight is 334 g/mol. The van der Waals surface area contributed by atoms with Crippen LogP contribution in [0.1, 0.15) is 30.1 Å². The molecule has 0 radical (unpaired) electrons. The number of carbonyl (C=O) groups is 1. The monoisotopic (exact) mass is 333 g/mol. The zero-order chi connectivity index (χ0) is 15.6. The summed E-state index contributed by atoms with van der Waals surface area (Å²) in [7, 11) is -3.09. The first-order chi connectivity index (χ1) is 9.86. The Kier molecular flexibility index (Phi) is 4.88. The Hall–Kier alpha value is -1.14. The van der Waals surface area contributed by atoms with Crippen molar-refractivity contribution in [3.8, 4) is 0 Å². The van der Waals surface area contributed by atoms with E-state index in [1.54, 1.807) is 6.92 Å². The second-order valence-electron chi connectivity index (χ2n) is 5.04. The lowest BCUT2D eigenvalue weighted by Crippen LogP contribution is -2.43. The molecular weight excluding hydrogens is 317 g/mol. The number of amides is 1. The molecule has 116 valence electrons. The number of hydrogen-bond acceptors (Lipinski definition) is 3. The molecule has 0 N–H and O–H groups in total. The lowest BCUT2D eigenvalue weighted by atomic mass is 10.1. The van der Waals surface area contributed by atoms with Crippen LogP contribution in [0.2, 0.25) is 5.02 Å². The molecule has 1 aromatic carbocycles. The van der Waals surface area contributed by atoms with E-state index in [0.29, 0.717) is 25.9 Å². The van der Waals surface area contributed by atoms with Crippen molar-refractivity contribution in [2.45, 2.75) is 25.0 Å². The molecule has 0 aromatic heterocycles. The summed E-state index contributed by atoms with van der Waals surface area (Å²) in [5, 5.41) is -0.342. The van der Waals surface area contributed by atoms with E-state index in [1.165, 1.54) is 23.1 Å². The Morgan fingerprint density at radius 3 is 2.52 bits per heavy atom. The summed E-state index contributed by atoms with van der Waals surface area (Å²) in [6, 6.07) is 4.09. The van der Waals surface area contributed by atoms with E-state index in [4.69, 9.17) is 11.6 Å². The second-order valence-corrected chi connectivity index (χ2v) is 8.02. The zero-order valence-electron chi connectivity index (χ0n) is 11.7. The quantitative estimate of drug-likeness (QED) is 0.854. The second kappa shape index (κ2) is 6.32. The molecule has 1 heterocycles. The highest BCUT2D eigenvalue weighted by Crippen LogP contribution is 2.24. The number of nitrogens with zero attached hydrogens (tertiary/aromatic N) is 1. The van der Waals surface area contributed by atoms with Crippen molar-refractivity contribution < 1.29 is 17.6 Å². The van der Waals surface area contributed by atoms with Crippen LogP contribution in [0.25, 0.3) is 0 Å². The predicted molar refractivity (Wildman–Crippen MR) is 79.8 cm³/mol. The molecule has 21 heavy (non-hydrogen) atoms. The van der Waals surface area contributed by atoms with E-state index in [1.807, 2.05) is 0 Å². The molecule has 0 unspecified atom stereocenters. The van der Waals surface area contributed by atoms with Gasteiger partial charge in [-0.05, 0) is 25.0 Å². The third-order valence-corrected chi connectivity index (χ3v) is 6.42. The van der Waals surface area contributed by atoms with Gasteiger partial charge in [0.1, 0.15) is 5.82 Å². The van der Waals surface area contributed by atoms with Crippen LogP contribution in [0.15, 0.2) is 18.2 Å². The number of halogens is 2. The Balaban J connectivity index is 2.11. The molecule has 0 spiro atoms. The molecule has 4 nitrogen and oxygen atoms in total. The van der Waals surface area contributed by atoms with E-state index in [-0.39, 0.29) is 16.3 Å². The number of benzene rings is 1. The maximum absolute atomic E-state index is 13.7. The van der Waals surface area contributed by atoms with Crippen LogP contribution >= 0.6 is 11.6 Å². The molecule has 1 aromatic rings.